The van der Waals surface area contributed by atoms with Crippen LogP contribution in [-0.4, -0.2) is 26.6 Å². The molecule has 7 nitrogen and oxygen atoms in total. The van der Waals surface area contributed by atoms with Gasteiger partial charge in [-0.3, -0.25) is 19.5 Å². The van der Waals surface area contributed by atoms with Crippen LogP contribution in [0.1, 0.15) is 29.8 Å². The van der Waals surface area contributed by atoms with Crippen LogP contribution in [-0.2, 0) is 17.1 Å². The molecule has 1 amide bonds. The molecule has 29 heavy (non-hydrogen) atoms. The second-order valence-electron chi connectivity index (χ2n) is 6.01. The van der Waals surface area contributed by atoms with Crippen molar-refractivity contribution in [2.24, 2.45) is 0 Å². The lowest BCUT2D eigenvalue weighted by Gasteiger charge is -2.09. The molecule has 150 valence electrons. The van der Waals surface area contributed by atoms with Gasteiger partial charge in [0.05, 0.1) is 0 Å². The summed E-state index contributed by atoms with van der Waals surface area (Å²) in [5, 5.41) is 12.4. The van der Waals surface area contributed by atoms with Crippen molar-refractivity contribution >= 4 is 41.2 Å². The van der Waals surface area contributed by atoms with E-state index in [9.17, 15) is 9.59 Å². The minimum atomic E-state index is -0.450. The molecule has 2 aromatic carbocycles. The van der Waals surface area contributed by atoms with Gasteiger partial charge in [0.15, 0.2) is 5.16 Å². The van der Waals surface area contributed by atoms with E-state index in [1.165, 1.54) is 24.8 Å². The van der Waals surface area contributed by atoms with Crippen molar-refractivity contribution < 1.29 is 14.3 Å². The molecule has 9 heteroatoms. The van der Waals surface area contributed by atoms with Crippen LogP contribution >= 0.6 is 23.4 Å². The number of rotatable bonds is 7. The molecular weight excluding hydrogens is 412 g/mol. The summed E-state index contributed by atoms with van der Waals surface area (Å²) in [5.74, 6) is 0.461. The Morgan fingerprint density at radius 2 is 1.97 bits per heavy atom. The van der Waals surface area contributed by atoms with Gasteiger partial charge in [0.25, 0.3) is 5.91 Å². The summed E-state index contributed by atoms with van der Waals surface area (Å²) >= 11 is 7.69. The van der Waals surface area contributed by atoms with Crippen molar-refractivity contribution in [2.75, 3.05) is 5.32 Å². The topological polar surface area (TPSA) is 86.1 Å². The first-order valence-electron chi connectivity index (χ1n) is 8.87. The quantitative estimate of drug-likeness (QED) is 0.339. The van der Waals surface area contributed by atoms with E-state index in [0.717, 1.165) is 5.56 Å². The molecule has 0 saturated carbocycles. The average molecular weight is 431 g/mol. The molecule has 0 radical (unpaired) electrons. The number of esters is 1. The summed E-state index contributed by atoms with van der Waals surface area (Å²) in [6, 6.07) is 14.0. The zero-order valence-corrected chi connectivity index (χ0v) is 17.5. The standard InChI is InChI=1S/C20H19ClN4O3S/c1-3-25-19(22-18(27)14-8-6-9-16(11-14)28-13(2)26)23-24-20(25)29-12-15-7-4-5-10-17(15)21/h4-11H,3,12H2,1-2H3,(H,22,23,27). The number of aromatic nitrogens is 3. The van der Waals surface area contributed by atoms with E-state index in [1.807, 2.05) is 35.8 Å². The fraction of sp³-hybridized carbons (Fsp3) is 0.200. The van der Waals surface area contributed by atoms with Crippen LogP contribution in [0.25, 0.3) is 0 Å². The van der Waals surface area contributed by atoms with Crippen LogP contribution in [0.3, 0.4) is 0 Å². The number of ether oxygens (including phenoxy) is 1. The van der Waals surface area contributed by atoms with E-state index < -0.39 is 5.97 Å². The number of benzene rings is 2. The number of nitrogens with zero attached hydrogens (tertiary/aromatic N) is 3. The van der Waals surface area contributed by atoms with E-state index in [4.69, 9.17) is 16.3 Å². The first-order chi connectivity index (χ1) is 14.0. The molecule has 0 bridgehead atoms. The van der Waals surface area contributed by atoms with Gasteiger partial charge in [0.2, 0.25) is 5.95 Å². The van der Waals surface area contributed by atoms with Crippen LogP contribution in [0.5, 0.6) is 5.75 Å². The lowest BCUT2D eigenvalue weighted by atomic mass is 10.2. The number of carbonyl (C=O) groups is 2. The molecule has 1 N–H and O–H groups in total. The maximum atomic E-state index is 12.6. The summed E-state index contributed by atoms with van der Waals surface area (Å²) < 4.78 is 6.84. The van der Waals surface area contributed by atoms with Crippen molar-refractivity contribution in [1.82, 2.24) is 14.8 Å². The van der Waals surface area contributed by atoms with Gasteiger partial charge < -0.3 is 4.74 Å². The number of amides is 1. The number of anilines is 1. The first-order valence-corrected chi connectivity index (χ1v) is 10.2. The molecular formula is C20H19ClN4O3S. The number of nitrogens with one attached hydrogen (secondary N) is 1. The Labute approximate surface area is 177 Å². The molecule has 0 aliphatic heterocycles. The van der Waals surface area contributed by atoms with Gasteiger partial charge in [-0.05, 0) is 36.8 Å². The molecule has 0 fully saturated rings. The SMILES string of the molecule is CCn1c(NC(=O)c2cccc(OC(C)=O)c2)nnc1SCc1ccccc1Cl. The van der Waals surface area contributed by atoms with E-state index in [1.54, 1.807) is 18.2 Å². The molecule has 0 aliphatic carbocycles. The highest BCUT2D eigenvalue weighted by atomic mass is 35.5. The Hall–Kier alpha value is -2.84. The molecule has 0 atom stereocenters. The third-order valence-electron chi connectivity index (χ3n) is 3.93. The van der Waals surface area contributed by atoms with Gasteiger partial charge in [0, 0.05) is 29.8 Å². The Morgan fingerprint density at radius 1 is 1.17 bits per heavy atom. The Bertz CT molecular complexity index is 1040. The van der Waals surface area contributed by atoms with Gasteiger partial charge in [-0.2, -0.15) is 0 Å². The second kappa shape index (κ2) is 9.58. The number of hydrogen-bond donors (Lipinski definition) is 1. The van der Waals surface area contributed by atoms with Gasteiger partial charge >= 0.3 is 5.97 Å². The zero-order chi connectivity index (χ0) is 20.8. The number of halogens is 1. The minimum Gasteiger partial charge on any atom is -0.427 e. The van der Waals surface area contributed by atoms with Crippen molar-refractivity contribution in [3.63, 3.8) is 0 Å². The monoisotopic (exact) mass is 430 g/mol. The smallest absolute Gasteiger partial charge is 0.308 e. The predicted octanol–water partition coefficient (Wildman–Crippen LogP) is 4.42. The summed E-state index contributed by atoms with van der Waals surface area (Å²) in [7, 11) is 0. The maximum absolute atomic E-state index is 12.6. The van der Waals surface area contributed by atoms with Gasteiger partial charge in [0.1, 0.15) is 5.75 Å². The largest absolute Gasteiger partial charge is 0.427 e. The molecule has 0 unspecified atom stereocenters. The Morgan fingerprint density at radius 3 is 2.69 bits per heavy atom. The summed E-state index contributed by atoms with van der Waals surface area (Å²) in [6.45, 7) is 3.83. The van der Waals surface area contributed by atoms with Crippen LogP contribution in [0.15, 0.2) is 53.7 Å². The van der Waals surface area contributed by atoms with Gasteiger partial charge in [-0.25, -0.2) is 0 Å². The second-order valence-corrected chi connectivity index (χ2v) is 7.36. The maximum Gasteiger partial charge on any atom is 0.308 e. The number of hydrogen-bond acceptors (Lipinski definition) is 6. The lowest BCUT2D eigenvalue weighted by molar-refractivity contribution is -0.131. The summed E-state index contributed by atoms with van der Waals surface area (Å²) in [6.07, 6.45) is 0. The van der Waals surface area contributed by atoms with Gasteiger partial charge in [-0.1, -0.05) is 47.6 Å². The van der Waals surface area contributed by atoms with Crippen LogP contribution in [0, 0.1) is 0 Å². The van der Waals surface area contributed by atoms with Crippen molar-refractivity contribution in [3.05, 3.63) is 64.7 Å². The zero-order valence-electron chi connectivity index (χ0n) is 15.9. The first kappa shape index (κ1) is 20.9. The van der Waals surface area contributed by atoms with Crippen molar-refractivity contribution in [1.29, 1.82) is 0 Å². The van der Waals surface area contributed by atoms with E-state index in [2.05, 4.69) is 15.5 Å². The Balaban J connectivity index is 1.72. The highest BCUT2D eigenvalue weighted by Gasteiger charge is 2.16. The molecule has 0 saturated heterocycles. The van der Waals surface area contributed by atoms with E-state index >= 15 is 0 Å². The predicted molar refractivity (Wildman–Crippen MR) is 112 cm³/mol. The molecule has 1 aromatic heterocycles. The fourth-order valence-corrected chi connectivity index (χ4v) is 3.86. The highest BCUT2D eigenvalue weighted by Crippen LogP contribution is 2.27. The van der Waals surface area contributed by atoms with Crippen LogP contribution < -0.4 is 10.1 Å². The Kier molecular flexibility index (Phi) is 6.90. The summed E-state index contributed by atoms with van der Waals surface area (Å²) in [5.41, 5.74) is 1.34. The molecule has 0 aliphatic rings. The number of carbonyl (C=O) groups excluding carboxylic acids is 2. The normalized spacial score (nSPS) is 10.6. The number of thioether (sulfide) groups is 1. The van der Waals surface area contributed by atoms with Crippen LogP contribution in [0.2, 0.25) is 5.02 Å². The fourth-order valence-electron chi connectivity index (χ4n) is 2.57. The third kappa shape index (κ3) is 5.36. The molecule has 3 aromatic rings. The highest BCUT2D eigenvalue weighted by molar-refractivity contribution is 7.98. The summed E-state index contributed by atoms with van der Waals surface area (Å²) in [4.78, 5) is 23.7. The van der Waals surface area contributed by atoms with Crippen molar-refractivity contribution in [2.45, 2.75) is 31.3 Å². The lowest BCUT2D eigenvalue weighted by Crippen LogP contribution is -2.16. The van der Waals surface area contributed by atoms with Gasteiger partial charge in [-0.15, -0.1) is 10.2 Å². The van der Waals surface area contributed by atoms with E-state index in [-0.39, 0.29) is 5.91 Å². The van der Waals surface area contributed by atoms with E-state index in [0.29, 0.717) is 39.7 Å². The van der Waals surface area contributed by atoms with Crippen molar-refractivity contribution in [3.8, 4) is 5.75 Å². The molecule has 3 rings (SSSR count). The molecule has 0 spiro atoms. The molecule has 1 heterocycles. The van der Waals surface area contributed by atoms with Crippen LogP contribution in [0.4, 0.5) is 5.95 Å². The average Bonchev–Trinajstić information content (AvgIpc) is 3.08. The third-order valence-corrected chi connectivity index (χ3v) is 5.32. The minimum absolute atomic E-state index is 0.304.